The smallest absolute Gasteiger partial charge is 0.0155 e. The van der Waals surface area contributed by atoms with Crippen LogP contribution < -0.4 is 0 Å². The standard InChI is InChI=1S/C18H24/c1-2-3-4-5-6-7-11-16-13-10-14-17-12-8-9-15-18(16)17/h7-9,11-13,15H,2-6,10,14H2,1H3/b11-7+. The van der Waals surface area contributed by atoms with Crippen LogP contribution in [0.1, 0.15) is 56.6 Å². The molecular weight excluding hydrogens is 216 g/mol. The second kappa shape index (κ2) is 7.20. The molecule has 96 valence electrons. The predicted octanol–water partition coefficient (Wildman–Crippen LogP) is 5.54. The summed E-state index contributed by atoms with van der Waals surface area (Å²) in [7, 11) is 0. The Labute approximate surface area is 111 Å². The van der Waals surface area contributed by atoms with E-state index in [1.54, 1.807) is 0 Å². The second-order valence-electron chi connectivity index (χ2n) is 5.11. The number of unbranched alkanes of at least 4 members (excludes halogenated alkanes) is 4. The lowest BCUT2D eigenvalue weighted by molar-refractivity contribution is 0.674. The van der Waals surface area contributed by atoms with Crippen molar-refractivity contribution in [3.05, 3.63) is 53.6 Å². The van der Waals surface area contributed by atoms with Crippen LogP contribution in [-0.2, 0) is 6.42 Å². The molecule has 0 saturated carbocycles. The van der Waals surface area contributed by atoms with Crippen molar-refractivity contribution in [2.24, 2.45) is 0 Å². The van der Waals surface area contributed by atoms with Gasteiger partial charge in [-0.3, -0.25) is 0 Å². The third-order valence-electron chi connectivity index (χ3n) is 3.63. The molecule has 1 aliphatic carbocycles. The summed E-state index contributed by atoms with van der Waals surface area (Å²) in [5.74, 6) is 0. The molecule has 1 aliphatic rings. The molecule has 0 aromatic heterocycles. The molecule has 0 radical (unpaired) electrons. The molecular formula is C18H24. The molecule has 18 heavy (non-hydrogen) atoms. The Bertz CT molecular complexity index is 423. The average molecular weight is 240 g/mol. The fourth-order valence-electron chi connectivity index (χ4n) is 2.57. The van der Waals surface area contributed by atoms with E-state index in [1.807, 2.05) is 0 Å². The third kappa shape index (κ3) is 3.60. The molecule has 1 aromatic rings. The predicted molar refractivity (Wildman–Crippen MR) is 80.6 cm³/mol. The minimum absolute atomic E-state index is 1.19. The van der Waals surface area contributed by atoms with Gasteiger partial charge in [-0.25, -0.2) is 0 Å². The van der Waals surface area contributed by atoms with Gasteiger partial charge in [-0.2, -0.15) is 0 Å². The average Bonchev–Trinajstić information content (AvgIpc) is 2.43. The van der Waals surface area contributed by atoms with Gasteiger partial charge in [-0.15, -0.1) is 0 Å². The molecule has 0 spiro atoms. The van der Waals surface area contributed by atoms with E-state index in [1.165, 1.54) is 61.6 Å². The molecule has 1 aromatic carbocycles. The van der Waals surface area contributed by atoms with E-state index in [2.05, 4.69) is 49.4 Å². The van der Waals surface area contributed by atoms with E-state index < -0.39 is 0 Å². The lowest BCUT2D eigenvalue weighted by atomic mass is 9.90. The lowest BCUT2D eigenvalue weighted by Crippen LogP contribution is -1.97. The number of hydrogen-bond acceptors (Lipinski definition) is 0. The highest BCUT2D eigenvalue weighted by atomic mass is 14.1. The summed E-state index contributed by atoms with van der Waals surface area (Å²) >= 11 is 0. The molecule has 2 rings (SSSR count). The van der Waals surface area contributed by atoms with Crippen LogP contribution in [0.3, 0.4) is 0 Å². The Morgan fingerprint density at radius 3 is 2.89 bits per heavy atom. The van der Waals surface area contributed by atoms with E-state index in [-0.39, 0.29) is 0 Å². The monoisotopic (exact) mass is 240 g/mol. The minimum atomic E-state index is 1.19. The van der Waals surface area contributed by atoms with Gasteiger partial charge in [0.1, 0.15) is 0 Å². The third-order valence-corrected chi connectivity index (χ3v) is 3.63. The van der Waals surface area contributed by atoms with Crippen molar-refractivity contribution in [1.29, 1.82) is 0 Å². The van der Waals surface area contributed by atoms with Crippen molar-refractivity contribution in [2.75, 3.05) is 0 Å². The highest BCUT2D eigenvalue weighted by molar-refractivity contribution is 5.77. The SMILES string of the molecule is CCCCCC/C=C/C1=CCCc2ccccc21. The van der Waals surface area contributed by atoms with E-state index in [9.17, 15) is 0 Å². The van der Waals surface area contributed by atoms with E-state index in [0.29, 0.717) is 0 Å². The minimum Gasteiger partial charge on any atom is -0.0839 e. The number of benzene rings is 1. The van der Waals surface area contributed by atoms with Crippen LogP contribution in [0, 0.1) is 0 Å². The Morgan fingerprint density at radius 2 is 2.00 bits per heavy atom. The highest BCUT2D eigenvalue weighted by Crippen LogP contribution is 2.27. The van der Waals surface area contributed by atoms with Crippen molar-refractivity contribution in [3.63, 3.8) is 0 Å². The molecule has 0 fully saturated rings. The van der Waals surface area contributed by atoms with Gasteiger partial charge in [0.2, 0.25) is 0 Å². The van der Waals surface area contributed by atoms with Crippen LogP contribution in [0.2, 0.25) is 0 Å². The summed E-state index contributed by atoms with van der Waals surface area (Å²) in [6.45, 7) is 2.26. The van der Waals surface area contributed by atoms with Crippen LogP contribution in [0.4, 0.5) is 0 Å². The first kappa shape index (κ1) is 13.1. The molecule has 0 nitrogen and oxygen atoms in total. The molecule has 0 atom stereocenters. The van der Waals surface area contributed by atoms with Gasteiger partial charge in [0.25, 0.3) is 0 Å². The topological polar surface area (TPSA) is 0 Å². The Hall–Kier alpha value is -1.30. The van der Waals surface area contributed by atoms with Crippen molar-refractivity contribution in [1.82, 2.24) is 0 Å². The van der Waals surface area contributed by atoms with Crippen LogP contribution >= 0.6 is 0 Å². The number of fused-ring (bicyclic) bond motifs is 1. The van der Waals surface area contributed by atoms with Gasteiger partial charge in [0.15, 0.2) is 0 Å². The largest absolute Gasteiger partial charge is 0.0839 e. The van der Waals surface area contributed by atoms with E-state index in [4.69, 9.17) is 0 Å². The van der Waals surface area contributed by atoms with E-state index in [0.717, 1.165) is 0 Å². The van der Waals surface area contributed by atoms with Gasteiger partial charge in [0.05, 0.1) is 0 Å². The molecule has 0 saturated heterocycles. The maximum atomic E-state index is 2.38. The first-order valence-corrected chi connectivity index (χ1v) is 7.37. The second-order valence-corrected chi connectivity index (χ2v) is 5.11. The van der Waals surface area contributed by atoms with Gasteiger partial charge in [0, 0.05) is 0 Å². The molecule has 0 aliphatic heterocycles. The quantitative estimate of drug-likeness (QED) is 0.572. The first-order valence-electron chi connectivity index (χ1n) is 7.37. The number of hydrogen-bond donors (Lipinski definition) is 0. The van der Waals surface area contributed by atoms with Crippen molar-refractivity contribution in [3.8, 4) is 0 Å². The van der Waals surface area contributed by atoms with Gasteiger partial charge < -0.3 is 0 Å². The van der Waals surface area contributed by atoms with Gasteiger partial charge >= 0.3 is 0 Å². The summed E-state index contributed by atoms with van der Waals surface area (Å²) in [4.78, 5) is 0. The van der Waals surface area contributed by atoms with E-state index >= 15 is 0 Å². The number of aryl methyl sites for hydroxylation is 1. The molecule has 0 heteroatoms. The summed E-state index contributed by atoms with van der Waals surface area (Å²) in [6.07, 6.45) is 16.1. The molecule has 0 N–H and O–H groups in total. The van der Waals surface area contributed by atoms with Crippen LogP contribution in [0.5, 0.6) is 0 Å². The van der Waals surface area contributed by atoms with Gasteiger partial charge in [-0.05, 0) is 42.4 Å². The summed E-state index contributed by atoms with van der Waals surface area (Å²) < 4.78 is 0. The van der Waals surface area contributed by atoms with Crippen molar-refractivity contribution < 1.29 is 0 Å². The summed E-state index contributed by atoms with van der Waals surface area (Å²) in [5, 5.41) is 0. The number of rotatable bonds is 6. The van der Waals surface area contributed by atoms with Crippen LogP contribution in [0.15, 0.2) is 42.5 Å². The maximum Gasteiger partial charge on any atom is -0.0155 e. The Balaban J connectivity index is 1.90. The van der Waals surface area contributed by atoms with Gasteiger partial charge in [-0.1, -0.05) is 68.7 Å². The molecule has 0 amide bonds. The zero-order valence-electron chi connectivity index (χ0n) is 11.5. The maximum absolute atomic E-state index is 2.38. The molecule has 0 bridgehead atoms. The fourth-order valence-corrected chi connectivity index (χ4v) is 2.57. The van der Waals surface area contributed by atoms with Crippen molar-refractivity contribution in [2.45, 2.75) is 51.9 Å². The van der Waals surface area contributed by atoms with Crippen LogP contribution in [0.25, 0.3) is 5.57 Å². The van der Waals surface area contributed by atoms with Crippen molar-refractivity contribution >= 4 is 5.57 Å². The molecule has 0 unspecified atom stereocenters. The highest BCUT2D eigenvalue weighted by Gasteiger charge is 2.08. The Morgan fingerprint density at radius 1 is 1.11 bits per heavy atom. The van der Waals surface area contributed by atoms with Crippen LogP contribution in [-0.4, -0.2) is 0 Å². The Kier molecular flexibility index (Phi) is 5.26. The lowest BCUT2D eigenvalue weighted by Gasteiger charge is -2.14. The zero-order chi connectivity index (χ0) is 12.6. The first-order chi connectivity index (χ1) is 8.92. The zero-order valence-corrected chi connectivity index (χ0v) is 11.5. The number of allylic oxidation sites excluding steroid dienone is 4. The normalized spacial score (nSPS) is 14.6. The fraction of sp³-hybridized carbons (Fsp3) is 0.444. The summed E-state index contributed by atoms with van der Waals surface area (Å²) in [5.41, 5.74) is 4.37. The summed E-state index contributed by atoms with van der Waals surface area (Å²) in [6, 6.07) is 8.81. The molecule has 0 heterocycles.